The van der Waals surface area contributed by atoms with E-state index in [1.807, 2.05) is 19.1 Å². The lowest BCUT2D eigenvalue weighted by molar-refractivity contribution is -0.118. The molecule has 0 fully saturated rings. The van der Waals surface area contributed by atoms with Crippen LogP contribution in [0.1, 0.15) is 41.4 Å². The van der Waals surface area contributed by atoms with Gasteiger partial charge in [0, 0.05) is 31.8 Å². The first-order chi connectivity index (χ1) is 15.3. The number of rotatable bonds is 8. The highest BCUT2D eigenvalue weighted by Gasteiger charge is 2.17. The van der Waals surface area contributed by atoms with E-state index in [9.17, 15) is 14.0 Å². The molecule has 3 aromatic rings. The molecule has 0 saturated carbocycles. The summed E-state index contributed by atoms with van der Waals surface area (Å²) in [7, 11) is 3.07. The second-order valence-electron chi connectivity index (χ2n) is 7.56. The van der Waals surface area contributed by atoms with Crippen molar-refractivity contribution in [2.24, 2.45) is 0 Å². The summed E-state index contributed by atoms with van der Waals surface area (Å²) in [6.45, 7) is 3.66. The minimum atomic E-state index is -0.488. The normalized spacial score (nSPS) is 10.7. The summed E-state index contributed by atoms with van der Waals surface area (Å²) in [5, 5.41) is 0. The van der Waals surface area contributed by atoms with Crippen LogP contribution in [0.5, 0.6) is 5.75 Å². The van der Waals surface area contributed by atoms with Crippen LogP contribution in [0.2, 0.25) is 0 Å². The molecule has 0 N–H and O–H groups in total. The number of aryl methyl sites for hydroxylation is 2. The zero-order chi connectivity index (χ0) is 23.3. The zero-order valence-corrected chi connectivity index (χ0v) is 18.8. The number of anilines is 1. The molecule has 1 heterocycles. The fourth-order valence-electron chi connectivity index (χ4n) is 3.60. The molecule has 3 rings (SSSR count). The Balaban J connectivity index is 1.82. The Morgan fingerprint density at radius 1 is 1.09 bits per heavy atom. The van der Waals surface area contributed by atoms with E-state index in [-0.39, 0.29) is 17.4 Å². The number of hydrogen-bond acceptors (Lipinski definition) is 4. The number of halogens is 1. The van der Waals surface area contributed by atoms with E-state index in [0.717, 1.165) is 16.8 Å². The molecule has 0 bridgehead atoms. The molecular formula is C26H27FN2O3. The molecular weight excluding hydrogens is 407 g/mol. The van der Waals surface area contributed by atoms with E-state index in [4.69, 9.17) is 4.74 Å². The van der Waals surface area contributed by atoms with Gasteiger partial charge in [0.15, 0.2) is 5.78 Å². The van der Waals surface area contributed by atoms with Crippen molar-refractivity contribution in [3.8, 4) is 16.9 Å². The highest BCUT2D eigenvalue weighted by Crippen LogP contribution is 2.31. The second-order valence-corrected chi connectivity index (χ2v) is 7.56. The molecule has 1 aromatic heterocycles. The first-order valence-corrected chi connectivity index (χ1v) is 10.5. The number of aromatic nitrogens is 1. The van der Waals surface area contributed by atoms with E-state index >= 15 is 0 Å². The van der Waals surface area contributed by atoms with E-state index in [2.05, 4.69) is 4.98 Å². The van der Waals surface area contributed by atoms with Crippen molar-refractivity contribution < 1.29 is 18.7 Å². The predicted molar refractivity (Wildman–Crippen MR) is 124 cm³/mol. The van der Waals surface area contributed by atoms with Crippen molar-refractivity contribution in [1.82, 2.24) is 4.98 Å². The van der Waals surface area contributed by atoms with Crippen LogP contribution in [-0.2, 0) is 11.2 Å². The number of hydrogen-bond donors (Lipinski definition) is 0. The molecule has 1 amide bonds. The zero-order valence-electron chi connectivity index (χ0n) is 18.8. The molecule has 0 atom stereocenters. The first kappa shape index (κ1) is 23.1. The Labute approximate surface area is 187 Å². The molecule has 5 nitrogen and oxygen atoms in total. The summed E-state index contributed by atoms with van der Waals surface area (Å²) in [4.78, 5) is 30.3. The van der Waals surface area contributed by atoms with Crippen molar-refractivity contribution >= 4 is 17.4 Å². The molecule has 2 aromatic carbocycles. The Kier molecular flexibility index (Phi) is 7.36. The Morgan fingerprint density at radius 2 is 1.81 bits per heavy atom. The molecule has 0 aliphatic rings. The summed E-state index contributed by atoms with van der Waals surface area (Å²) in [5.74, 6) is -0.239. The summed E-state index contributed by atoms with van der Waals surface area (Å²) >= 11 is 0. The Morgan fingerprint density at radius 3 is 2.47 bits per heavy atom. The van der Waals surface area contributed by atoms with Crippen molar-refractivity contribution in [3.63, 3.8) is 0 Å². The summed E-state index contributed by atoms with van der Waals surface area (Å²) in [6, 6.07) is 13.8. The number of carbonyl (C=O) groups is 2. The molecule has 0 saturated heterocycles. The molecule has 6 heteroatoms. The lowest BCUT2D eigenvalue weighted by Crippen LogP contribution is -2.25. The third-order valence-electron chi connectivity index (χ3n) is 5.56. The monoisotopic (exact) mass is 434 g/mol. The number of amides is 1. The van der Waals surface area contributed by atoms with Crippen molar-refractivity contribution in [3.05, 3.63) is 77.4 Å². The molecule has 0 unspecified atom stereocenters. The van der Waals surface area contributed by atoms with Gasteiger partial charge in [-0.3, -0.25) is 14.6 Å². The van der Waals surface area contributed by atoms with Gasteiger partial charge in [0.25, 0.3) is 0 Å². The summed E-state index contributed by atoms with van der Waals surface area (Å²) in [6.07, 6.45) is 2.96. The van der Waals surface area contributed by atoms with Gasteiger partial charge in [-0.15, -0.1) is 0 Å². The maximum Gasteiger partial charge on any atom is 0.226 e. The van der Waals surface area contributed by atoms with E-state index < -0.39 is 5.82 Å². The van der Waals surface area contributed by atoms with Gasteiger partial charge in [0.2, 0.25) is 5.91 Å². The number of ketones is 1. The van der Waals surface area contributed by atoms with Crippen LogP contribution in [0, 0.1) is 12.7 Å². The van der Waals surface area contributed by atoms with Gasteiger partial charge < -0.3 is 9.64 Å². The number of nitrogens with zero attached hydrogens (tertiary/aromatic N) is 2. The average Bonchev–Trinajstić information content (AvgIpc) is 2.81. The topological polar surface area (TPSA) is 59.5 Å². The van der Waals surface area contributed by atoms with E-state index in [1.165, 1.54) is 18.1 Å². The van der Waals surface area contributed by atoms with Crippen LogP contribution in [0.3, 0.4) is 0 Å². The molecule has 0 radical (unpaired) electrons. The van der Waals surface area contributed by atoms with Crippen LogP contribution in [0.4, 0.5) is 10.1 Å². The Hall–Kier alpha value is -3.54. The number of Topliss-reactive ketones (excluding diaryl/α,β-unsaturated/α-hetero) is 1. The Bertz CT molecular complexity index is 1140. The van der Waals surface area contributed by atoms with Gasteiger partial charge in [-0.05, 0) is 60.4 Å². The second kappa shape index (κ2) is 10.2. The molecule has 0 spiro atoms. The predicted octanol–water partition coefficient (Wildman–Crippen LogP) is 5.39. The maximum absolute atomic E-state index is 14.7. The largest absolute Gasteiger partial charge is 0.496 e. The highest BCUT2D eigenvalue weighted by atomic mass is 19.1. The van der Waals surface area contributed by atoms with E-state index in [0.29, 0.717) is 36.1 Å². The minimum absolute atomic E-state index is 0.0297. The third kappa shape index (κ3) is 5.02. The van der Waals surface area contributed by atoms with Gasteiger partial charge in [0.1, 0.15) is 11.6 Å². The van der Waals surface area contributed by atoms with Gasteiger partial charge in [-0.2, -0.15) is 0 Å². The summed E-state index contributed by atoms with van der Waals surface area (Å²) < 4.78 is 20.1. The van der Waals surface area contributed by atoms with Gasteiger partial charge in [-0.25, -0.2) is 4.39 Å². The average molecular weight is 435 g/mol. The fourth-order valence-corrected chi connectivity index (χ4v) is 3.60. The summed E-state index contributed by atoms with van der Waals surface area (Å²) in [5.41, 5.74) is 4.02. The first-order valence-electron chi connectivity index (χ1n) is 10.5. The van der Waals surface area contributed by atoms with Crippen molar-refractivity contribution in [2.45, 2.75) is 33.1 Å². The van der Waals surface area contributed by atoms with Gasteiger partial charge in [-0.1, -0.05) is 25.1 Å². The maximum atomic E-state index is 14.7. The molecule has 166 valence electrons. The van der Waals surface area contributed by atoms with Crippen molar-refractivity contribution in [1.29, 1.82) is 0 Å². The molecule has 0 aliphatic carbocycles. The van der Waals surface area contributed by atoms with Crippen LogP contribution in [0.15, 0.2) is 54.7 Å². The number of ether oxygens (including phenoxy) is 1. The van der Waals surface area contributed by atoms with Crippen molar-refractivity contribution in [2.75, 3.05) is 19.1 Å². The number of carbonyl (C=O) groups excluding carboxylic acids is 2. The number of methoxy groups -OCH3 is 1. The lowest BCUT2D eigenvalue weighted by Gasteiger charge is -2.18. The SMILES string of the molecule is CCC(=O)N(C)c1ccc(-c2ccc(C(=O)CCc3cccnc3C)c(OC)c2)cc1F. The lowest BCUT2D eigenvalue weighted by atomic mass is 9.98. The standard InChI is InChI=1S/C26H27FN2O3/c1-5-26(31)29(3)23-12-9-19(15-22(23)27)20-8-11-21(25(16-20)32-4)24(30)13-10-18-7-6-14-28-17(18)2/h6-9,11-12,14-16H,5,10,13H2,1-4H3. The number of pyridine rings is 1. The van der Waals surface area contributed by atoms with Crippen LogP contribution < -0.4 is 9.64 Å². The number of benzene rings is 2. The smallest absolute Gasteiger partial charge is 0.226 e. The van der Waals surface area contributed by atoms with Gasteiger partial charge in [0.05, 0.1) is 18.4 Å². The quantitative estimate of drug-likeness (QED) is 0.446. The fraction of sp³-hybridized carbons (Fsp3) is 0.269. The third-order valence-corrected chi connectivity index (χ3v) is 5.56. The molecule has 32 heavy (non-hydrogen) atoms. The molecule has 0 aliphatic heterocycles. The highest BCUT2D eigenvalue weighted by molar-refractivity contribution is 5.99. The van der Waals surface area contributed by atoms with Crippen LogP contribution >= 0.6 is 0 Å². The van der Waals surface area contributed by atoms with E-state index in [1.54, 1.807) is 50.5 Å². The minimum Gasteiger partial charge on any atom is -0.496 e. The van der Waals surface area contributed by atoms with Crippen LogP contribution in [0.25, 0.3) is 11.1 Å². The van der Waals surface area contributed by atoms with Crippen LogP contribution in [-0.4, -0.2) is 30.8 Å². The van der Waals surface area contributed by atoms with Gasteiger partial charge >= 0.3 is 0 Å².